The SMILES string of the molecule is CCN(CCOc1ccc(Oc2cc(Cl)cc(Cl)c2)cc1)C(=O)O. The smallest absolute Gasteiger partial charge is 0.407 e. The molecule has 128 valence electrons. The van der Waals surface area contributed by atoms with E-state index in [-0.39, 0.29) is 6.61 Å². The quantitative estimate of drug-likeness (QED) is 0.731. The highest BCUT2D eigenvalue weighted by Crippen LogP contribution is 2.29. The zero-order valence-corrected chi connectivity index (χ0v) is 14.5. The fourth-order valence-corrected chi connectivity index (χ4v) is 2.50. The Morgan fingerprint density at radius 3 is 2.17 bits per heavy atom. The molecule has 0 unspecified atom stereocenters. The van der Waals surface area contributed by atoms with Crippen molar-refractivity contribution >= 4 is 29.3 Å². The summed E-state index contributed by atoms with van der Waals surface area (Å²) in [6, 6.07) is 12.0. The van der Waals surface area contributed by atoms with E-state index < -0.39 is 6.09 Å². The van der Waals surface area contributed by atoms with Crippen LogP contribution in [0.1, 0.15) is 6.92 Å². The monoisotopic (exact) mass is 369 g/mol. The van der Waals surface area contributed by atoms with Crippen LogP contribution < -0.4 is 9.47 Å². The maximum atomic E-state index is 10.9. The van der Waals surface area contributed by atoms with Gasteiger partial charge in [-0.15, -0.1) is 0 Å². The van der Waals surface area contributed by atoms with Crippen LogP contribution in [0.3, 0.4) is 0 Å². The van der Waals surface area contributed by atoms with Gasteiger partial charge in [0.05, 0.1) is 6.54 Å². The Balaban J connectivity index is 1.89. The van der Waals surface area contributed by atoms with Crippen LogP contribution in [0.5, 0.6) is 17.2 Å². The van der Waals surface area contributed by atoms with Crippen molar-refractivity contribution in [3.63, 3.8) is 0 Å². The molecule has 0 aliphatic carbocycles. The fraction of sp³-hybridized carbons (Fsp3) is 0.235. The first-order valence-corrected chi connectivity index (χ1v) is 8.08. The highest BCUT2D eigenvalue weighted by Gasteiger charge is 2.08. The first kappa shape index (κ1) is 18.2. The van der Waals surface area contributed by atoms with Crippen LogP contribution in [-0.4, -0.2) is 35.8 Å². The van der Waals surface area contributed by atoms with Gasteiger partial charge in [-0.05, 0) is 49.4 Å². The van der Waals surface area contributed by atoms with E-state index in [4.69, 9.17) is 37.8 Å². The Bertz CT molecular complexity index is 671. The molecule has 0 atom stereocenters. The van der Waals surface area contributed by atoms with Crippen LogP contribution in [0.25, 0.3) is 0 Å². The molecule has 2 aromatic rings. The second-order valence-electron chi connectivity index (χ2n) is 4.89. The Labute approximate surface area is 150 Å². The van der Waals surface area contributed by atoms with Gasteiger partial charge in [-0.1, -0.05) is 23.2 Å². The predicted molar refractivity (Wildman–Crippen MR) is 93.7 cm³/mol. The first-order valence-electron chi connectivity index (χ1n) is 7.32. The average Bonchev–Trinajstić information content (AvgIpc) is 2.52. The first-order chi connectivity index (χ1) is 11.5. The Hall–Kier alpha value is -2.11. The molecule has 2 rings (SSSR count). The summed E-state index contributed by atoms with van der Waals surface area (Å²) in [6.45, 7) is 2.80. The molecule has 0 fully saturated rings. The van der Waals surface area contributed by atoms with Crippen LogP contribution in [-0.2, 0) is 0 Å². The number of likely N-dealkylation sites (N-methyl/N-ethyl adjacent to an activating group) is 1. The van der Waals surface area contributed by atoms with E-state index in [1.807, 2.05) is 0 Å². The summed E-state index contributed by atoms with van der Waals surface area (Å²) >= 11 is 11.9. The average molecular weight is 370 g/mol. The van der Waals surface area contributed by atoms with Gasteiger partial charge in [-0.3, -0.25) is 0 Å². The minimum atomic E-state index is -0.954. The van der Waals surface area contributed by atoms with Crippen LogP contribution in [0.15, 0.2) is 42.5 Å². The summed E-state index contributed by atoms with van der Waals surface area (Å²) in [5, 5.41) is 9.91. The molecule has 24 heavy (non-hydrogen) atoms. The number of benzene rings is 2. The lowest BCUT2D eigenvalue weighted by atomic mass is 10.3. The van der Waals surface area contributed by atoms with Crippen LogP contribution in [0.4, 0.5) is 4.79 Å². The zero-order chi connectivity index (χ0) is 17.5. The number of hydrogen-bond donors (Lipinski definition) is 1. The highest BCUT2D eigenvalue weighted by molar-refractivity contribution is 6.34. The third-order valence-electron chi connectivity index (χ3n) is 3.18. The molecule has 0 aliphatic rings. The van der Waals surface area contributed by atoms with Gasteiger partial charge in [0.2, 0.25) is 0 Å². The summed E-state index contributed by atoms with van der Waals surface area (Å²) in [4.78, 5) is 12.2. The van der Waals surface area contributed by atoms with Gasteiger partial charge in [0.15, 0.2) is 0 Å². The molecule has 0 heterocycles. The molecule has 0 aliphatic heterocycles. The van der Waals surface area contributed by atoms with E-state index in [9.17, 15) is 4.79 Å². The lowest BCUT2D eigenvalue weighted by Gasteiger charge is -2.17. The zero-order valence-electron chi connectivity index (χ0n) is 13.0. The van der Waals surface area contributed by atoms with Crippen LogP contribution >= 0.6 is 23.2 Å². The number of carbonyl (C=O) groups is 1. The Morgan fingerprint density at radius 2 is 1.62 bits per heavy atom. The van der Waals surface area contributed by atoms with Crippen molar-refractivity contribution in [2.75, 3.05) is 19.7 Å². The van der Waals surface area contributed by atoms with Gasteiger partial charge >= 0.3 is 6.09 Å². The summed E-state index contributed by atoms with van der Waals surface area (Å²) in [5.74, 6) is 1.79. The van der Waals surface area contributed by atoms with Crippen molar-refractivity contribution < 1.29 is 19.4 Å². The molecule has 0 bridgehead atoms. The van der Waals surface area contributed by atoms with E-state index in [0.29, 0.717) is 40.4 Å². The van der Waals surface area contributed by atoms with Crippen LogP contribution in [0.2, 0.25) is 10.0 Å². The Kier molecular flexibility index (Phi) is 6.58. The second kappa shape index (κ2) is 8.66. The maximum Gasteiger partial charge on any atom is 0.407 e. The maximum absolute atomic E-state index is 10.9. The topological polar surface area (TPSA) is 59.0 Å². The van der Waals surface area contributed by atoms with E-state index in [2.05, 4.69) is 0 Å². The molecule has 0 aromatic heterocycles. The number of carboxylic acid groups (broad SMARTS) is 1. The van der Waals surface area contributed by atoms with Gasteiger partial charge in [0.1, 0.15) is 23.9 Å². The summed E-state index contributed by atoms with van der Waals surface area (Å²) in [6.07, 6.45) is -0.954. The third-order valence-corrected chi connectivity index (χ3v) is 3.61. The molecule has 0 saturated heterocycles. The van der Waals surface area contributed by atoms with Gasteiger partial charge in [-0.25, -0.2) is 4.79 Å². The number of hydrogen-bond acceptors (Lipinski definition) is 3. The number of rotatable bonds is 7. The van der Waals surface area contributed by atoms with Gasteiger partial charge in [-0.2, -0.15) is 0 Å². The molecule has 7 heteroatoms. The number of nitrogens with zero attached hydrogens (tertiary/aromatic N) is 1. The number of ether oxygens (including phenoxy) is 2. The minimum Gasteiger partial charge on any atom is -0.492 e. The standard InChI is InChI=1S/C17H17Cl2NO4/c1-2-20(17(21)22)7-8-23-14-3-5-15(6-4-14)24-16-10-12(18)9-13(19)11-16/h3-6,9-11H,2,7-8H2,1H3,(H,21,22). The van der Waals surface area contributed by atoms with Crippen molar-refractivity contribution in [1.29, 1.82) is 0 Å². The summed E-state index contributed by atoms with van der Waals surface area (Å²) in [7, 11) is 0. The molecule has 0 spiro atoms. The molecule has 0 saturated carbocycles. The normalized spacial score (nSPS) is 10.3. The lowest BCUT2D eigenvalue weighted by molar-refractivity contribution is 0.138. The third kappa shape index (κ3) is 5.51. The lowest BCUT2D eigenvalue weighted by Crippen LogP contribution is -2.33. The van der Waals surface area contributed by atoms with Crippen LogP contribution in [0, 0.1) is 0 Å². The molecular weight excluding hydrogens is 353 g/mol. The minimum absolute atomic E-state index is 0.282. The van der Waals surface area contributed by atoms with Gasteiger partial charge in [0.25, 0.3) is 0 Å². The second-order valence-corrected chi connectivity index (χ2v) is 5.76. The Morgan fingerprint density at radius 1 is 1.04 bits per heavy atom. The van der Waals surface area contributed by atoms with E-state index >= 15 is 0 Å². The van der Waals surface area contributed by atoms with Crippen molar-refractivity contribution in [2.45, 2.75) is 6.92 Å². The summed E-state index contributed by atoms with van der Waals surface area (Å²) in [5.41, 5.74) is 0. The van der Waals surface area contributed by atoms with Crippen molar-refractivity contribution in [2.24, 2.45) is 0 Å². The van der Waals surface area contributed by atoms with Crippen molar-refractivity contribution in [1.82, 2.24) is 4.90 Å². The molecular formula is C17H17Cl2NO4. The predicted octanol–water partition coefficient (Wildman–Crippen LogP) is 5.16. The number of amides is 1. The van der Waals surface area contributed by atoms with Gasteiger partial charge < -0.3 is 19.5 Å². The molecule has 2 aromatic carbocycles. The molecule has 0 radical (unpaired) electrons. The van der Waals surface area contributed by atoms with Crippen molar-refractivity contribution in [3.8, 4) is 17.2 Å². The van der Waals surface area contributed by atoms with E-state index in [0.717, 1.165) is 0 Å². The fourth-order valence-electron chi connectivity index (χ4n) is 1.99. The highest BCUT2D eigenvalue weighted by atomic mass is 35.5. The molecule has 1 N–H and O–H groups in total. The molecule has 1 amide bonds. The molecule has 5 nitrogen and oxygen atoms in total. The van der Waals surface area contributed by atoms with Gasteiger partial charge in [0, 0.05) is 16.6 Å². The largest absolute Gasteiger partial charge is 0.492 e. The van der Waals surface area contributed by atoms with E-state index in [1.54, 1.807) is 49.4 Å². The van der Waals surface area contributed by atoms with E-state index in [1.165, 1.54) is 4.90 Å². The summed E-state index contributed by atoms with van der Waals surface area (Å²) < 4.78 is 11.2. The number of halogens is 2. The van der Waals surface area contributed by atoms with Crippen molar-refractivity contribution in [3.05, 3.63) is 52.5 Å².